The number of furan rings is 1. The Balaban J connectivity index is 2.03. The van der Waals surface area contributed by atoms with E-state index in [4.69, 9.17) is 9.15 Å². The third-order valence-corrected chi connectivity index (χ3v) is 3.74. The number of hydrogen-bond acceptors (Lipinski definition) is 5. The van der Waals surface area contributed by atoms with E-state index in [1.54, 1.807) is 19.9 Å². The Morgan fingerprint density at radius 1 is 1.08 bits per heavy atom. The van der Waals surface area contributed by atoms with E-state index >= 15 is 0 Å². The van der Waals surface area contributed by atoms with Crippen LogP contribution in [0.5, 0.6) is 0 Å². The molecule has 0 saturated heterocycles. The van der Waals surface area contributed by atoms with Gasteiger partial charge in [0.15, 0.2) is 11.9 Å². The standard InChI is InChI=1S/C19H20FNO5/c1-11(2)16(21-18(23)15-5-4-10-25-15)19(24)26-12(3)17(22)13-6-8-14(20)9-7-13/h4-12,16H,1-3H3,(H,21,23)/t12-,16-/m0/s1. The van der Waals surface area contributed by atoms with Crippen LogP contribution >= 0.6 is 0 Å². The summed E-state index contributed by atoms with van der Waals surface area (Å²) in [6, 6.07) is 7.03. The molecule has 1 N–H and O–H groups in total. The maximum absolute atomic E-state index is 12.9. The molecule has 0 unspecified atom stereocenters. The van der Waals surface area contributed by atoms with E-state index in [9.17, 15) is 18.8 Å². The molecule has 2 aromatic rings. The molecule has 7 heteroatoms. The van der Waals surface area contributed by atoms with Gasteiger partial charge in [-0.2, -0.15) is 0 Å². The fraction of sp³-hybridized carbons (Fsp3) is 0.316. The van der Waals surface area contributed by atoms with Gasteiger partial charge in [-0.05, 0) is 49.2 Å². The van der Waals surface area contributed by atoms with Crippen LogP contribution in [0.2, 0.25) is 0 Å². The first-order valence-electron chi connectivity index (χ1n) is 8.14. The molecule has 0 spiro atoms. The summed E-state index contributed by atoms with van der Waals surface area (Å²) in [7, 11) is 0. The van der Waals surface area contributed by atoms with Crippen LogP contribution in [0.15, 0.2) is 47.1 Å². The number of carbonyl (C=O) groups excluding carboxylic acids is 3. The average molecular weight is 361 g/mol. The second-order valence-corrected chi connectivity index (χ2v) is 6.12. The number of nitrogens with one attached hydrogen (secondary N) is 1. The zero-order chi connectivity index (χ0) is 19.3. The van der Waals surface area contributed by atoms with Gasteiger partial charge in [0.2, 0.25) is 5.78 Å². The van der Waals surface area contributed by atoms with Crippen LogP contribution < -0.4 is 5.32 Å². The van der Waals surface area contributed by atoms with Gasteiger partial charge in [0.1, 0.15) is 11.9 Å². The van der Waals surface area contributed by atoms with E-state index < -0.39 is 35.6 Å². The van der Waals surface area contributed by atoms with Crippen LogP contribution in [0, 0.1) is 11.7 Å². The van der Waals surface area contributed by atoms with Crippen molar-refractivity contribution in [1.82, 2.24) is 5.32 Å². The maximum Gasteiger partial charge on any atom is 0.329 e. The number of halogens is 1. The molecule has 1 amide bonds. The Hall–Kier alpha value is -2.96. The van der Waals surface area contributed by atoms with Crippen LogP contribution in [-0.4, -0.2) is 29.8 Å². The Kier molecular flexibility index (Phi) is 6.27. The molecule has 2 rings (SSSR count). The molecule has 138 valence electrons. The topological polar surface area (TPSA) is 85.6 Å². The fourth-order valence-electron chi connectivity index (χ4n) is 2.27. The van der Waals surface area contributed by atoms with Crippen molar-refractivity contribution in [1.29, 1.82) is 0 Å². The van der Waals surface area contributed by atoms with Gasteiger partial charge in [-0.3, -0.25) is 9.59 Å². The summed E-state index contributed by atoms with van der Waals surface area (Å²) in [5.41, 5.74) is 0.229. The minimum Gasteiger partial charge on any atom is -0.459 e. The molecule has 6 nitrogen and oxygen atoms in total. The summed E-state index contributed by atoms with van der Waals surface area (Å²) >= 11 is 0. The van der Waals surface area contributed by atoms with Gasteiger partial charge in [0.05, 0.1) is 6.26 Å². The molecule has 0 radical (unpaired) electrons. The summed E-state index contributed by atoms with van der Waals surface area (Å²) < 4.78 is 23.2. The van der Waals surface area contributed by atoms with Gasteiger partial charge in [-0.1, -0.05) is 13.8 Å². The van der Waals surface area contributed by atoms with Crippen molar-refractivity contribution in [2.24, 2.45) is 5.92 Å². The maximum atomic E-state index is 12.9. The summed E-state index contributed by atoms with van der Waals surface area (Å²) in [6.45, 7) is 4.90. The van der Waals surface area contributed by atoms with Gasteiger partial charge in [-0.15, -0.1) is 0 Å². The Morgan fingerprint density at radius 2 is 1.73 bits per heavy atom. The lowest BCUT2D eigenvalue weighted by molar-refractivity contribution is -0.149. The second kappa shape index (κ2) is 8.42. The minimum atomic E-state index is -1.07. The first-order chi connectivity index (χ1) is 12.3. The number of carbonyl (C=O) groups is 3. The molecule has 1 aromatic carbocycles. The number of amides is 1. The highest BCUT2D eigenvalue weighted by Gasteiger charge is 2.30. The average Bonchev–Trinajstić information content (AvgIpc) is 3.13. The lowest BCUT2D eigenvalue weighted by Crippen LogP contribution is -2.46. The lowest BCUT2D eigenvalue weighted by atomic mass is 10.0. The Morgan fingerprint density at radius 3 is 2.27 bits per heavy atom. The molecule has 26 heavy (non-hydrogen) atoms. The third kappa shape index (κ3) is 4.78. The molecule has 1 aromatic heterocycles. The second-order valence-electron chi connectivity index (χ2n) is 6.12. The fourth-order valence-corrected chi connectivity index (χ4v) is 2.27. The van der Waals surface area contributed by atoms with Crippen molar-refractivity contribution in [3.8, 4) is 0 Å². The first-order valence-corrected chi connectivity index (χ1v) is 8.14. The van der Waals surface area contributed by atoms with E-state index in [-0.39, 0.29) is 17.2 Å². The summed E-state index contributed by atoms with van der Waals surface area (Å²) in [6.07, 6.45) is 0.274. The van der Waals surface area contributed by atoms with Crippen LogP contribution in [-0.2, 0) is 9.53 Å². The van der Waals surface area contributed by atoms with Crippen LogP contribution in [0.1, 0.15) is 41.7 Å². The smallest absolute Gasteiger partial charge is 0.329 e. The number of ketones is 1. The summed E-state index contributed by atoms with van der Waals surface area (Å²) in [5, 5.41) is 2.54. The monoisotopic (exact) mass is 361 g/mol. The van der Waals surface area contributed by atoms with Crippen molar-refractivity contribution in [2.75, 3.05) is 0 Å². The van der Waals surface area contributed by atoms with E-state index in [2.05, 4.69) is 5.32 Å². The van der Waals surface area contributed by atoms with Crippen LogP contribution in [0.4, 0.5) is 4.39 Å². The van der Waals surface area contributed by atoms with E-state index in [0.717, 1.165) is 12.1 Å². The van der Waals surface area contributed by atoms with Crippen molar-refractivity contribution < 1.29 is 27.9 Å². The van der Waals surface area contributed by atoms with Crippen LogP contribution in [0.25, 0.3) is 0 Å². The molecule has 2 atom stereocenters. The van der Waals surface area contributed by atoms with Gasteiger partial charge in [0, 0.05) is 5.56 Å². The van der Waals surface area contributed by atoms with Crippen molar-refractivity contribution in [2.45, 2.75) is 32.9 Å². The number of hydrogen-bond donors (Lipinski definition) is 1. The molecular formula is C19H20FNO5. The number of esters is 1. The lowest BCUT2D eigenvalue weighted by Gasteiger charge is -2.22. The van der Waals surface area contributed by atoms with Crippen molar-refractivity contribution in [3.05, 3.63) is 59.8 Å². The number of Topliss-reactive ketones (excluding diaryl/α,β-unsaturated/α-hetero) is 1. The highest BCUT2D eigenvalue weighted by atomic mass is 19.1. The van der Waals surface area contributed by atoms with E-state index in [1.807, 2.05) is 0 Å². The SMILES string of the molecule is CC(C)[C@H](NC(=O)c1ccco1)C(=O)O[C@@H](C)C(=O)c1ccc(F)cc1. The highest BCUT2D eigenvalue weighted by molar-refractivity contribution is 6.00. The van der Waals surface area contributed by atoms with Gasteiger partial charge in [0.25, 0.3) is 5.91 Å². The number of rotatable bonds is 7. The molecule has 0 saturated carbocycles. The Bertz CT molecular complexity index is 768. The molecule has 0 fully saturated rings. The number of ether oxygens (including phenoxy) is 1. The molecule has 0 bridgehead atoms. The Labute approximate surface area is 150 Å². The number of benzene rings is 1. The third-order valence-electron chi connectivity index (χ3n) is 3.74. The predicted molar refractivity (Wildman–Crippen MR) is 91.1 cm³/mol. The van der Waals surface area contributed by atoms with Crippen molar-refractivity contribution >= 4 is 17.7 Å². The van der Waals surface area contributed by atoms with Gasteiger partial charge >= 0.3 is 5.97 Å². The normalized spacial score (nSPS) is 13.1. The minimum absolute atomic E-state index is 0.0684. The van der Waals surface area contributed by atoms with Gasteiger partial charge in [-0.25, -0.2) is 9.18 Å². The summed E-state index contributed by atoms with van der Waals surface area (Å²) in [4.78, 5) is 36.8. The first kappa shape index (κ1) is 19.4. The zero-order valence-electron chi connectivity index (χ0n) is 14.7. The predicted octanol–water partition coefficient (Wildman–Crippen LogP) is 2.99. The van der Waals surface area contributed by atoms with Gasteiger partial charge < -0.3 is 14.5 Å². The molecule has 1 heterocycles. The zero-order valence-corrected chi connectivity index (χ0v) is 14.7. The molecule has 0 aliphatic rings. The van der Waals surface area contributed by atoms with E-state index in [0.29, 0.717) is 0 Å². The largest absolute Gasteiger partial charge is 0.459 e. The summed E-state index contributed by atoms with van der Waals surface area (Å²) in [5.74, 6) is -2.41. The highest BCUT2D eigenvalue weighted by Crippen LogP contribution is 2.12. The van der Waals surface area contributed by atoms with Crippen molar-refractivity contribution in [3.63, 3.8) is 0 Å². The molecule has 0 aliphatic carbocycles. The molecule has 0 aliphatic heterocycles. The molecular weight excluding hydrogens is 341 g/mol. The quantitative estimate of drug-likeness (QED) is 0.605. The van der Waals surface area contributed by atoms with E-state index in [1.165, 1.54) is 31.4 Å². The van der Waals surface area contributed by atoms with Crippen LogP contribution in [0.3, 0.4) is 0 Å².